The highest BCUT2D eigenvalue weighted by atomic mass is 16.5. The number of nitrogens with one attached hydrogen (secondary N) is 1. The molecule has 0 aliphatic carbocycles. The molecule has 2 N–H and O–H groups in total. The number of aromatic nitrogens is 1. The molecule has 1 aromatic rings. The molecular formula is C11H18N2O2. The minimum Gasteiger partial charge on any atom is -0.495 e. The summed E-state index contributed by atoms with van der Waals surface area (Å²) in [5.74, 6) is 0.664. The normalized spacial score (nSPS) is 14.7. The monoisotopic (exact) mass is 210 g/mol. The topological polar surface area (TPSA) is 54.4 Å². The van der Waals surface area contributed by atoms with Gasteiger partial charge in [0.05, 0.1) is 18.9 Å². The molecule has 0 saturated carbocycles. The molecule has 0 radical (unpaired) electrons. The number of hydrogen-bond donors (Lipinski definition) is 2. The second kappa shape index (κ2) is 5.09. The van der Waals surface area contributed by atoms with Crippen LogP contribution in [0.3, 0.4) is 0 Å². The number of rotatable bonds is 5. The van der Waals surface area contributed by atoms with E-state index in [-0.39, 0.29) is 0 Å². The third-order valence-electron chi connectivity index (χ3n) is 2.43. The van der Waals surface area contributed by atoms with Gasteiger partial charge in [0.25, 0.3) is 0 Å². The summed E-state index contributed by atoms with van der Waals surface area (Å²) >= 11 is 0. The van der Waals surface area contributed by atoms with Crippen LogP contribution in [-0.4, -0.2) is 30.8 Å². The van der Waals surface area contributed by atoms with Crippen LogP contribution in [0.5, 0.6) is 5.75 Å². The van der Waals surface area contributed by atoms with E-state index in [4.69, 9.17) is 4.74 Å². The molecule has 1 unspecified atom stereocenters. The van der Waals surface area contributed by atoms with E-state index >= 15 is 0 Å². The molecule has 0 aliphatic rings. The summed E-state index contributed by atoms with van der Waals surface area (Å²) in [4.78, 5) is 4.02. The van der Waals surface area contributed by atoms with Crippen molar-refractivity contribution in [2.24, 2.45) is 0 Å². The van der Waals surface area contributed by atoms with Crippen molar-refractivity contribution in [2.75, 3.05) is 20.7 Å². The molecule has 15 heavy (non-hydrogen) atoms. The molecule has 1 rings (SSSR count). The van der Waals surface area contributed by atoms with E-state index in [0.29, 0.717) is 12.2 Å². The van der Waals surface area contributed by atoms with Gasteiger partial charge in [-0.3, -0.25) is 4.98 Å². The molecule has 0 spiro atoms. The molecule has 1 aromatic heterocycles. The number of methoxy groups -OCH3 is 1. The van der Waals surface area contributed by atoms with Gasteiger partial charge in [-0.1, -0.05) is 0 Å². The molecule has 0 amide bonds. The minimum absolute atomic E-state index is 0.637. The summed E-state index contributed by atoms with van der Waals surface area (Å²) in [5.41, 5.74) is -0.0954. The maximum atomic E-state index is 10.2. The number of pyridine rings is 1. The van der Waals surface area contributed by atoms with Gasteiger partial charge in [-0.2, -0.15) is 0 Å². The van der Waals surface area contributed by atoms with Crippen molar-refractivity contribution in [3.8, 4) is 5.75 Å². The van der Waals surface area contributed by atoms with Crippen LogP contribution in [-0.2, 0) is 5.60 Å². The first-order valence-corrected chi connectivity index (χ1v) is 4.96. The van der Waals surface area contributed by atoms with Crippen molar-refractivity contribution in [3.63, 3.8) is 0 Å². The van der Waals surface area contributed by atoms with Crippen LogP contribution in [0.2, 0.25) is 0 Å². The van der Waals surface area contributed by atoms with Crippen molar-refractivity contribution < 1.29 is 9.84 Å². The van der Waals surface area contributed by atoms with E-state index in [0.717, 1.165) is 12.1 Å². The average Bonchev–Trinajstić information content (AvgIpc) is 2.26. The number of aliphatic hydroxyl groups is 1. The van der Waals surface area contributed by atoms with E-state index in [1.54, 1.807) is 26.4 Å². The smallest absolute Gasteiger partial charge is 0.137 e. The zero-order chi connectivity index (χ0) is 11.3. The number of ether oxygens (including phenoxy) is 1. The van der Waals surface area contributed by atoms with Gasteiger partial charge in [-0.15, -0.1) is 0 Å². The number of hydrogen-bond acceptors (Lipinski definition) is 4. The van der Waals surface area contributed by atoms with Gasteiger partial charge in [0.2, 0.25) is 0 Å². The molecule has 0 aromatic carbocycles. The van der Waals surface area contributed by atoms with E-state index in [1.807, 2.05) is 13.1 Å². The van der Waals surface area contributed by atoms with Crippen LogP contribution in [0.25, 0.3) is 0 Å². The summed E-state index contributed by atoms with van der Waals surface area (Å²) < 4.78 is 5.07. The fourth-order valence-corrected chi connectivity index (χ4v) is 1.34. The Balaban J connectivity index is 2.83. The second-order valence-corrected chi connectivity index (χ2v) is 3.74. The predicted octanol–water partition coefficient (Wildman–Crippen LogP) is 0.907. The Morgan fingerprint density at radius 1 is 1.53 bits per heavy atom. The summed E-state index contributed by atoms with van der Waals surface area (Å²) in [7, 11) is 3.45. The first-order valence-electron chi connectivity index (χ1n) is 4.96. The minimum atomic E-state index is -0.870. The molecule has 84 valence electrons. The molecule has 0 saturated heterocycles. The van der Waals surface area contributed by atoms with Gasteiger partial charge >= 0.3 is 0 Å². The molecule has 1 heterocycles. The van der Waals surface area contributed by atoms with E-state index in [9.17, 15) is 5.11 Å². The SMILES string of the molecule is CNCCC(C)(O)c1cncc(OC)c1. The van der Waals surface area contributed by atoms with Crippen LogP contribution in [0.4, 0.5) is 0 Å². The summed E-state index contributed by atoms with van der Waals surface area (Å²) in [5, 5.41) is 13.2. The Hall–Kier alpha value is -1.13. The first kappa shape index (κ1) is 11.9. The van der Waals surface area contributed by atoms with Gasteiger partial charge in [-0.25, -0.2) is 0 Å². The predicted molar refractivity (Wildman–Crippen MR) is 58.9 cm³/mol. The third kappa shape index (κ3) is 3.18. The molecular weight excluding hydrogens is 192 g/mol. The quantitative estimate of drug-likeness (QED) is 0.758. The highest BCUT2D eigenvalue weighted by molar-refractivity contribution is 5.27. The third-order valence-corrected chi connectivity index (χ3v) is 2.43. The Morgan fingerprint density at radius 3 is 2.87 bits per heavy atom. The van der Waals surface area contributed by atoms with Crippen LogP contribution in [0.15, 0.2) is 18.5 Å². The van der Waals surface area contributed by atoms with Crippen LogP contribution < -0.4 is 10.1 Å². The summed E-state index contributed by atoms with van der Waals surface area (Å²) in [6, 6.07) is 1.81. The fourth-order valence-electron chi connectivity index (χ4n) is 1.34. The van der Waals surface area contributed by atoms with Gasteiger partial charge in [0.1, 0.15) is 5.75 Å². The lowest BCUT2D eigenvalue weighted by atomic mass is 9.94. The molecule has 0 fully saturated rings. The number of nitrogens with zero attached hydrogens (tertiary/aromatic N) is 1. The van der Waals surface area contributed by atoms with E-state index in [1.165, 1.54) is 0 Å². The van der Waals surface area contributed by atoms with Crippen molar-refractivity contribution in [1.82, 2.24) is 10.3 Å². The average molecular weight is 210 g/mol. The van der Waals surface area contributed by atoms with E-state index in [2.05, 4.69) is 10.3 Å². The zero-order valence-corrected chi connectivity index (χ0v) is 9.45. The standard InChI is InChI=1S/C11H18N2O2/c1-11(14,4-5-12-2)9-6-10(15-3)8-13-7-9/h6-8,12,14H,4-5H2,1-3H3. The van der Waals surface area contributed by atoms with Crippen molar-refractivity contribution in [2.45, 2.75) is 18.9 Å². The fraction of sp³-hybridized carbons (Fsp3) is 0.545. The lowest BCUT2D eigenvalue weighted by molar-refractivity contribution is 0.0479. The zero-order valence-electron chi connectivity index (χ0n) is 9.45. The Kier molecular flexibility index (Phi) is 4.05. The van der Waals surface area contributed by atoms with E-state index < -0.39 is 5.60 Å². The van der Waals surface area contributed by atoms with Gasteiger partial charge in [-0.05, 0) is 33.0 Å². The van der Waals surface area contributed by atoms with Crippen LogP contribution >= 0.6 is 0 Å². The Labute approximate surface area is 90.3 Å². The van der Waals surface area contributed by atoms with Crippen LogP contribution in [0.1, 0.15) is 18.9 Å². The second-order valence-electron chi connectivity index (χ2n) is 3.74. The van der Waals surface area contributed by atoms with Gasteiger partial charge in [0, 0.05) is 11.8 Å². The van der Waals surface area contributed by atoms with Crippen molar-refractivity contribution in [3.05, 3.63) is 24.0 Å². The highest BCUT2D eigenvalue weighted by Gasteiger charge is 2.23. The highest BCUT2D eigenvalue weighted by Crippen LogP contribution is 2.25. The lowest BCUT2D eigenvalue weighted by Gasteiger charge is -2.23. The Bertz CT molecular complexity index is 313. The van der Waals surface area contributed by atoms with Crippen LogP contribution in [0, 0.1) is 0 Å². The maximum Gasteiger partial charge on any atom is 0.137 e. The molecule has 0 bridgehead atoms. The molecule has 0 aliphatic heterocycles. The molecule has 1 atom stereocenters. The summed E-state index contributed by atoms with van der Waals surface area (Å²) in [6.45, 7) is 2.53. The van der Waals surface area contributed by atoms with Crippen molar-refractivity contribution >= 4 is 0 Å². The largest absolute Gasteiger partial charge is 0.495 e. The van der Waals surface area contributed by atoms with Gasteiger partial charge in [0.15, 0.2) is 0 Å². The molecule has 4 heteroatoms. The maximum absolute atomic E-state index is 10.2. The van der Waals surface area contributed by atoms with Gasteiger partial charge < -0.3 is 15.2 Å². The molecule has 4 nitrogen and oxygen atoms in total. The first-order chi connectivity index (χ1) is 7.10. The summed E-state index contributed by atoms with van der Waals surface area (Å²) in [6.07, 6.45) is 3.92. The lowest BCUT2D eigenvalue weighted by Crippen LogP contribution is -2.26. The van der Waals surface area contributed by atoms with Crippen molar-refractivity contribution in [1.29, 1.82) is 0 Å². The Morgan fingerprint density at radius 2 is 2.27 bits per heavy atom.